The van der Waals surface area contributed by atoms with Crippen molar-refractivity contribution in [2.75, 3.05) is 46.3 Å². The number of hydrogen-bond acceptors (Lipinski definition) is 3. The van der Waals surface area contributed by atoms with Crippen molar-refractivity contribution in [2.24, 2.45) is 5.41 Å². The SMILES string of the molecule is CC(C)N1CCC(N2CC3(CCN(C)C3)C2)CC1. The van der Waals surface area contributed by atoms with E-state index in [9.17, 15) is 0 Å². The van der Waals surface area contributed by atoms with Gasteiger partial charge in [0.25, 0.3) is 0 Å². The molecule has 0 bridgehead atoms. The van der Waals surface area contributed by atoms with E-state index >= 15 is 0 Å². The summed E-state index contributed by atoms with van der Waals surface area (Å²) in [5, 5.41) is 0. The highest BCUT2D eigenvalue weighted by Gasteiger charge is 2.48. The van der Waals surface area contributed by atoms with Gasteiger partial charge in [-0.25, -0.2) is 0 Å². The van der Waals surface area contributed by atoms with Gasteiger partial charge in [-0.05, 0) is 59.8 Å². The minimum Gasteiger partial charge on any atom is -0.306 e. The largest absolute Gasteiger partial charge is 0.306 e. The fraction of sp³-hybridized carbons (Fsp3) is 1.00. The third kappa shape index (κ3) is 2.33. The molecule has 3 fully saturated rings. The first-order valence-corrected chi connectivity index (χ1v) is 7.75. The van der Waals surface area contributed by atoms with Crippen LogP contribution in [0.4, 0.5) is 0 Å². The molecule has 3 rings (SSSR count). The van der Waals surface area contributed by atoms with Gasteiger partial charge < -0.3 is 9.80 Å². The lowest BCUT2D eigenvalue weighted by Crippen LogP contribution is -2.62. The average Bonchev–Trinajstić information content (AvgIpc) is 2.70. The van der Waals surface area contributed by atoms with Gasteiger partial charge in [0.15, 0.2) is 0 Å². The van der Waals surface area contributed by atoms with E-state index in [4.69, 9.17) is 0 Å². The molecule has 3 heteroatoms. The van der Waals surface area contributed by atoms with Crippen LogP contribution in [0.3, 0.4) is 0 Å². The van der Waals surface area contributed by atoms with Crippen LogP contribution in [0.15, 0.2) is 0 Å². The van der Waals surface area contributed by atoms with Gasteiger partial charge in [0.05, 0.1) is 0 Å². The van der Waals surface area contributed by atoms with Gasteiger partial charge >= 0.3 is 0 Å². The Morgan fingerprint density at radius 2 is 1.67 bits per heavy atom. The lowest BCUT2D eigenvalue weighted by molar-refractivity contribution is -0.0430. The van der Waals surface area contributed by atoms with Crippen molar-refractivity contribution in [2.45, 2.75) is 45.2 Å². The van der Waals surface area contributed by atoms with Gasteiger partial charge in [0.1, 0.15) is 0 Å². The average molecular weight is 251 g/mol. The first kappa shape index (κ1) is 12.9. The van der Waals surface area contributed by atoms with Crippen molar-refractivity contribution in [1.29, 1.82) is 0 Å². The smallest absolute Gasteiger partial charge is 0.0120 e. The molecule has 3 nitrogen and oxygen atoms in total. The molecular weight excluding hydrogens is 222 g/mol. The molecule has 0 unspecified atom stereocenters. The molecule has 3 aliphatic rings. The molecule has 3 aliphatic heterocycles. The minimum absolute atomic E-state index is 0.684. The van der Waals surface area contributed by atoms with E-state index in [1.54, 1.807) is 0 Å². The van der Waals surface area contributed by atoms with Gasteiger partial charge in [0, 0.05) is 37.1 Å². The maximum atomic E-state index is 2.77. The maximum absolute atomic E-state index is 2.77. The second-order valence-electron chi connectivity index (χ2n) is 7.25. The monoisotopic (exact) mass is 251 g/mol. The van der Waals surface area contributed by atoms with Crippen LogP contribution in [0, 0.1) is 5.41 Å². The van der Waals surface area contributed by atoms with Gasteiger partial charge in [-0.3, -0.25) is 4.90 Å². The zero-order valence-corrected chi connectivity index (χ0v) is 12.4. The Bertz CT molecular complexity index is 288. The Morgan fingerprint density at radius 1 is 1.00 bits per heavy atom. The summed E-state index contributed by atoms with van der Waals surface area (Å²) >= 11 is 0. The lowest BCUT2D eigenvalue weighted by atomic mass is 9.77. The normalized spacial score (nSPS) is 31.3. The molecule has 3 heterocycles. The van der Waals surface area contributed by atoms with E-state index in [2.05, 4.69) is 35.6 Å². The van der Waals surface area contributed by atoms with Gasteiger partial charge in [0.2, 0.25) is 0 Å². The van der Waals surface area contributed by atoms with Gasteiger partial charge in [-0.2, -0.15) is 0 Å². The fourth-order valence-corrected chi connectivity index (χ4v) is 4.26. The minimum atomic E-state index is 0.684. The summed E-state index contributed by atoms with van der Waals surface area (Å²) in [6, 6.07) is 1.62. The second-order valence-corrected chi connectivity index (χ2v) is 7.25. The molecule has 18 heavy (non-hydrogen) atoms. The van der Waals surface area contributed by atoms with Crippen LogP contribution in [0.1, 0.15) is 33.1 Å². The zero-order valence-electron chi connectivity index (χ0n) is 12.4. The van der Waals surface area contributed by atoms with Crippen molar-refractivity contribution < 1.29 is 0 Å². The van der Waals surface area contributed by atoms with Crippen molar-refractivity contribution in [3.05, 3.63) is 0 Å². The van der Waals surface area contributed by atoms with Crippen LogP contribution in [-0.4, -0.2) is 73.1 Å². The molecule has 3 saturated heterocycles. The fourth-order valence-electron chi connectivity index (χ4n) is 4.26. The summed E-state index contributed by atoms with van der Waals surface area (Å²) in [5.41, 5.74) is 0.684. The summed E-state index contributed by atoms with van der Waals surface area (Å²) in [5.74, 6) is 0. The summed E-state index contributed by atoms with van der Waals surface area (Å²) in [7, 11) is 2.28. The predicted octanol–water partition coefficient (Wildman–Crippen LogP) is 1.50. The maximum Gasteiger partial charge on any atom is 0.0120 e. The highest BCUT2D eigenvalue weighted by molar-refractivity contribution is 5.03. The molecule has 0 saturated carbocycles. The predicted molar refractivity (Wildman–Crippen MR) is 75.9 cm³/mol. The van der Waals surface area contributed by atoms with Crippen LogP contribution < -0.4 is 0 Å². The van der Waals surface area contributed by atoms with E-state index in [1.165, 1.54) is 58.5 Å². The first-order valence-electron chi connectivity index (χ1n) is 7.75. The molecule has 104 valence electrons. The topological polar surface area (TPSA) is 9.72 Å². The van der Waals surface area contributed by atoms with Crippen molar-refractivity contribution in [3.8, 4) is 0 Å². The third-order valence-corrected chi connectivity index (χ3v) is 5.45. The quantitative estimate of drug-likeness (QED) is 0.736. The molecule has 1 spiro atoms. The zero-order chi connectivity index (χ0) is 12.8. The molecule has 0 amide bonds. The Hall–Kier alpha value is -0.120. The highest BCUT2D eigenvalue weighted by Crippen LogP contribution is 2.41. The molecule has 0 aliphatic carbocycles. The Balaban J connectivity index is 1.46. The van der Waals surface area contributed by atoms with E-state index in [1.807, 2.05) is 0 Å². The number of likely N-dealkylation sites (tertiary alicyclic amines) is 3. The lowest BCUT2D eigenvalue weighted by Gasteiger charge is -2.53. The van der Waals surface area contributed by atoms with E-state index in [-0.39, 0.29) is 0 Å². The van der Waals surface area contributed by atoms with E-state index < -0.39 is 0 Å². The molecule has 0 N–H and O–H groups in total. The molecule has 0 radical (unpaired) electrons. The van der Waals surface area contributed by atoms with Crippen LogP contribution in [0.5, 0.6) is 0 Å². The number of rotatable bonds is 2. The highest BCUT2D eigenvalue weighted by atomic mass is 15.3. The first-order chi connectivity index (χ1) is 8.58. The van der Waals surface area contributed by atoms with E-state index in [0.29, 0.717) is 5.41 Å². The number of piperidine rings is 1. The number of nitrogens with zero attached hydrogens (tertiary/aromatic N) is 3. The molecule has 0 aromatic rings. The summed E-state index contributed by atoms with van der Waals surface area (Å²) in [6.07, 6.45) is 4.22. The number of hydrogen-bond donors (Lipinski definition) is 0. The van der Waals surface area contributed by atoms with Gasteiger partial charge in [-0.1, -0.05) is 0 Å². The Kier molecular flexibility index (Phi) is 3.41. The van der Waals surface area contributed by atoms with Crippen LogP contribution in [-0.2, 0) is 0 Å². The second kappa shape index (κ2) is 4.77. The molecule has 0 aromatic carbocycles. The third-order valence-electron chi connectivity index (χ3n) is 5.45. The van der Waals surface area contributed by atoms with Gasteiger partial charge in [-0.15, -0.1) is 0 Å². The van der Waals surface area contributed by atoms with Crippen molar-refractivity contribution in [1.82, 2.24) is 14.7 Å². The summed E-state index contributed by atoms with van der Waals surface area (Å²) in [4.78, 5) is 7.92. The summed E-state index contributed by atoms with van der Waals surface area (Å²) < 4.78 is 0. The van der Waals surface area contributed by atoms with Crippen molar-refractivity contribution >= 4 is 0 Å². The Morgan fingerprint density at radius 3 is 2.17 bits per heavy atom. The van der Waals surface area contributed by atoms with Crippen LogP contribution >= 0.6 is 0 Å². The Labute approximate surface area is 112 Å². The van der Waals surface area contributed by atoms with Crippen LogP contribution in [0.2, 0.25) is 0 Å². The molecule has 0 aromatic heterocycles. The molecule has 0 atom stereocenters. The van der Waals surface area contributed by atoms with Crippen molar-refractivity contribution in [3.63, 3.8) is 0 Å². The van der Waals surface area contributed by atoms with Crippen LogP contribution in [0.25, 0.3) is 0 Å². The standard InChI is InChI=1S/C15H29N3/c1-13(2)17-7-4-14(5-8-17)18-11-15(12-18)6-9-16(3)10-15/h13-14H,4-12H2,1-3H3. The summed E-state index contributed by atoms with van der Waals surface area (Å²) in [6.45, 7) is 12.7. The van der Waals surface area contributed by atoms with E-state index in [0.717, 1.165) is 12.1 Å². The molecular formula is C15H29N3.